The highest BCUT2D eigenvalue weighted by atomic mass is 16.5. The Kier molecular flexibility index (Phi) is 4.93. The van der Waals surface area contributed by atoms with Crippen molar-refractivity contribution < 1.29 is 9.53 Å². The van der Waals surface area contributed by atoms with Crippen LogP contribution >= 0.6 is 0 Å². The molecular formula is C16H19NO2. The van der Waals surface area contributed by atoms with E-state index in [0.717, 1.165) is 23.8 Å². The average Bonchev–Trinajstić information content (AvgIpc) is 2.46. The van der Waals surface area contributed by atoms with Crippen LogP contribution in [0.25, 0.3) is 10.8 Å². The van der Waals surface area contributed by atoms with E-state index in [2.05, 4.69) is 5.32 Å². The van der Waals surface area contributed by atoms with Gasteiger partial charge in [0, 0.05) is 25.3 Å². The van der Waals surface area contributed by atoms with Crippen molar-refractivity contribution in [1.29, 1.82) is 0 Å². The topological polar surface area (TPSA) is 38.3 Å². The standard InChI is InChI=1S/C16H19NO2/c1-2-19-11-5-10-17-16(18)15-9-8-13-6-3-4-7-14(13)12-15/h3-4,6-9,12H,2,5,10-11H2,1H3,(H,17,18). The van der Waals surface area contributed by atoms with E-state index in [0.29, 0.717) is 18.7 Å². The van der Waals surface area contributed by atoms with E-state index in [1.807, 2.05) is 49.4 Å². The van der Waals surface area contributed by atoms with E-state index in [1.165, 1.54) is 0 Å². The summed E-state index contributed by atoms with van der Waals surface area (Å²) in [4.78, 5) is 12.0. The zero-order valence-electron chi connectivity index (χ0n) is 11.2. The predicted octanol–water partition coefficient (Wildman–Crippen LogP) is 3.00. The van der Waals surface area contributed by atoms with Gasteiger partial charge in [-0.2, -0.15) is 0 Å². The summed E-state index contributed by atoms with van der Waals surface area (Å²) < 4.78 is 5.23. The molecule has 3 nitrogen and oxygen atoms in total. The molecule has 1 N–H and O–H groups in total. The van der Waals surface area contributed by atoms with Gasteiger partial charge in [-0.3, -0.25) is 4.79 Å². The maximum Gasteiger partial charge on any atom is 0.251 e. The van der Waals surface area contributed by atoms with E-state index < -0.39 is 0 Å². The number of rotatable bonds is 6. The monoisotopic (exact) mass is 257 g/mol. The number of ether oxygens (including phenoxy) is 1. The molecule has 0 aliphatic heterocycles. The van der Waals surface area contributed by atoms with Crippen LogP contribution in [0.3, 0.4) is 0 Å². The van der Waals surface area contributed by atoms with Gasteiger partial charge >= 0.3 is 0 Å². The molecular weight excluding hydrogens is 238 g/mol. The van der Waals surface area contributed by atoms with Gasteiger partial charge in [-0.05, 0) is 36.2 Å². The number of hydrogen-bond donors (Lipinski definition) is 1. The van der Waals surface area contributed by atoms with E-state index in [4.69, 9.17) is 4.74 Å². The van der Waals surface area contributed by atoms with Crippen molar-refractivity contribution in [2.45, 2.75) is 13.3 Å². The van der Waals surface area contributed by atoms with Gasteiger partial charge in [0.15, 0.2) is 0 Å². The lowest BCUT2D eigenvalue weighted by molar-refractivity contribution is 0.0944. The fourth-order valence-electron chi connectivity index (χ4n) is 1.95. The molecule has 0 saturated heterocycles. The molecule has 0 fully saturated rings. The quantitative estimate of drug-likeness (QED) is 0.808. The van der Waals surface area contributed by atoms with Crippen molar-refractivity contribution in [3.05, 3.63) is 48.0 Å². The molecule has 0 bridgehead atoms. The second-order valence-corrected chi connectivity index (χ2v) is 4.37. The Bertz CT molecular complexity index is 551. The lowest BCUT2D eigenvalue weighted by Gasteiger charge is -2.06. The summed E-state index contributed by atoms with van der Waals surface area (Å²) in [5.74, 6) is -0.0257. The predicted molar refractivity (Wildman–Crippen MR) is 77.4 cm³/mol. The number of fused-ring (bicyclic) bond motifs is 1. The second kappa shape index (κ2) is 6.90. The molecule has 0 aliphatic rings. The summed E-state index contributed by atoms with van der Waals surface area (Å²) in [6, 6.07) is 13.8. The third kappa shape index (κ3) is 3.80. The van der Waals surface area contributed by atoms with Crippen molar-refractivity contribution in [2.24, 2.45) is 0 Å². The lowest BCUT2D eigenvalue weighted by atomic mass is 10.1. The highest BCUT2D eigenvalue weighted by Crippen LogP contribution is 2.15. The number of hydrogen-bond acceptors (Lipinski definition) is 2. The summed E-state index contributed by atoms with van der Waals surface area (Å²) in [7, 11) is 0. The molecule has 0 aromatic heterocycles. The summed E-state index contributed by atoms with van der Waals surface area (Å²) in [5, 5.41) is 5.14. The number of benzene rings is 2. The Hall–Kier alpha value is -1.87. The molecule has 0 saturated carbocycles. The van der Waals surface area contributed by atoms with E-state index in [-0.39, 0.29) is 5.91 Å². The molecule has 100 valence electrons. The minimum absolute atomic E-state index is 0.0257. The van der Waals surface area contributed by atoms with E-state index in [1.54, 1.807) is 0 Å². The average molecular weight is 257 g/mol. The third-order valence-corrected chi connectivity index (χ3v) is 2.97. The van der Waals surface area contributed by atoms with Crippen LogP contribution in [0.4, 0.5) is 0 Å². The van der Waals surface area contributed by atoms with Crippen molar-refractivity contribution >= 4 is 16.7 Å². The fraction of sp³-hybridized carbons (Fsp3) is 0.312. The number of nitrogens with one attached hydrogen (secondary N) is 1. The second-order valence-electron chi connectivity index (χ2n) is 4.37. The van der Waals surface area contributed by atoms with Crippen LogP contribution in [0, 0.1) is 0 Å². The molecule has 2 aromatic carbocycles. The van der Waals surface area contributed by atoms with Gasteiger partial charge in [0.25, 0.3) is 5.91 Å². The normalized spacial score (nSPS) is 10.6. The molecule has 1 amide bonds. The number of amides is 1. The molecule has 3 heteroatoms. The summed E-state index contributed by atoms with van der Waals surface area (Å²) in [6.07, 6.45) is 0.840. The molecule has 0 heterocycles. The van der Waals surface area contributed by atoms with Crippen molar-refractivity contribution in [1.82, 2.24) is 5.32 Å². The van der Waals surface area contributed by atoms with Crippen molar-refractivity contribution in [3.8, 4) is 0 Å². The summed E-state index contributed by atoms with van der Waals surface area (Å²) >= 11 is 0. The summed E-state index contributed by atoms with van der Waals surface area (Å²) in [5.41, 5.74) is 0.704. The Morgan fingerprint density at radius 1 is 1.16 bits per heavy atom. The fourth-order valence-corrected chi connectivity index (χ4v) is 1.95. The largest absolute Gasteiger partial charge is 0.382 e. The van der Waals surface area contributed by atoms with Crippen LogP contribution in [0.1, 0.15) is 23.7 Å². The van der Waals surface area contributed by atoms with Gasteiger partial charge in [0.05, 0.1) is 0 Å². The molecule has 2 aromatic rings. The first-order valence-corrected chi connectivity index (χ1v) is 6.66. The number of carbonyl (C=O) groups excluding carboxylic acids is 1. The van der Waals surface area contributed by atoms with E-state index in [9.17, 15) is 4.79 Å². The van der Waals surface area contributed by atoms with Crippen LogP contribution in [0.5, 0.6) is 0 Å². The minimum Gasteiger partial charge on any atom is -0.382 e. The zero-order valence-corrected chi connectivity index (χ0v) is 11.2. The van der Waals surface area contributed by atoms with E-state index >= 15 is 0 Å². The molecule has 0 unspecified atom stereocenters. The van der Waals surface area contributed by atoms with Crippen LogP contribution < -0.4 is 5.32 Å². The third-order valence-electron chi connectivity index (χ3n) is 2.97. The summed E-state index contributed by atoms with van der Waals surface area (Å²) in [6.45, 7) is 4.02. The van der Waals surface area contributed by atoms with Crippen LogP contribution in [0.15, 0.2) is 42.5 Å². The Balaban J connectivity index is 1.93. The molecule has 0 atom stereocenters. The van der Waals surface area contributed by atoms with Crippen LogP contribution in [-0.2, 0) is 4.74 Å². The SMILES string of the molecule is CCOCCCNC(=O)c1ccc2ccccc2c1. The van der Waals surface area contributed by atoms with Gasteiger partial charge in [0.1, 0.15) is 0 Å². The lowest BCUT2D eigenvalue weighted by Crippen LogP contribution is -2.25. The Labute approximate surface area is 113 Å². The molecule has 0 radical (unpaired) electrons. The highest BCUT2D eigenvalue weighted by molar-refractivity contribution is 5.98. The first-order chi connectivity index (χ1) is 9.31. The van der Waals surface area contributed by atoms with Gasteiger partial charge in [-0.1, -0.05) is 30.3 Å². The van der Waals surface area contributed by atoms with Crippen LogP contribution in [0.2, 0.25) is 0 Å². The highest BCUT2D eigenvalue weighted by Gasteiger charge is 2.05. The Morgan fingerprint density at radius 3 is 2.74 bits per heavy atom. The smallest absolute Gasteiger partial charge is 0.251 e. The van der Waals surface area contributed by atoms with Crippen LogP contribution in [-0.4, -0.2) is 25.7 Å². The van der Waals surface area contributed by atoms with Gasteiger partial charge < -0.3 is 10.1 Å². The van der Waals surface area contributed by atoms with Gasteiger partial charge in [0.2, 0.25) is 0 Å². The maximum atomic E-state index is 12.0. The minimum atomic E-state index is -0.0257. The first kappa shape index (κ1) is 13.6. The maximum absolute atomic E-state index is 12.0. The van der Waals surface area contributed by atoms with Crippen molar-refractivity contribution in [2.75, 3.05) is 19.8 Å². The van der Waals surface area contributed by atoms with Gasteiger partial charge in [-0.25, -0.2) is 0 Å². The van der Waals surface area contributed by atoms with Crippen molar-refractivity contribution in [3.63, 3.8) is 0 Å². The zero-order chi connectivity index (χ0) is 13.5. The molecule has 19 heavy (non-hydrogen) atoms. The Morgan fingerprint density at radius 2 is 1.95 bits per heavy atom. The molecule has 0 aliphatic carbocycles. The molecule has 2 rings (SSSR count). The number of carbonyl (C=O) groups is 1. The first-order valence-electron chi connectivity index (χ1n) is 6.66. The molecule has 0 spiro atoms. The van der Waals surface area contributed by atoms with Gasteiger partial charge in [-0.15, -0.1) is 0 Å².